The summed E-state index contributed by atoms with van der Waals surface area (Å²) >= 11 is 0. The van der Waals surface area contributed by atoms with Gasteiger partial charge in [-0.25, -0.2) is 0 Å². The highest BCUT2D eigenvalue weighted by Crippen LogP contribution is 2.58. The minimum atomic E-state index is -0.963. The van der Waals surface area contributed by atoms with Crippen molar-refractivity contribution in [2.24, 2.45) is 5.41 Å². The predicted octanol–water partition coefficient (Wildman–Crippen LogP) is 3.36. The number of hydrogen-bond acceptors (Lipinski definition) is 5. The molecule has 2 aliphatic rings. The smallest absolute Gasteiger partial charge is 0.227 e. The maximum Gasteiger partial charge on any atom is 0.227 e. The average molecular weight is 330 g/mol. The van der Waals surface area contributed by atoms with Crippen molar-refractivity contribution in [2.45, 2.75) is 46.0 Å². The lowest BCUT2D eigenvalue weighted by molar-refractivity contribution is -0.127. The number of Topliss-reactive ketones (excluding diaryl/α,β-unsaturated/α-hetero) is 2. The van der Waals surface area contributed by atoms with Crippen molar-refractivity contribution in [3.05, 3.63) is 34.1 Å². The topological polar surface area (TPSA) is 83.8 Å². The van der Waals surface area contributed by atoms with Gasteiger partial charge in [0, 0.05) is 28.4 Å². The second-order valence-corrected chi connectivity index (χ2v) is 7.43. The van der Waals surface area contributed by atoms with Crippen LogP contribution in [0.25, 0.3) is 0 Å². The van der Waals surface area contributed by atoms with Crippen molar-refractivity contribution in [2.75, 3.05) is 7.11 Å². The van der Waals surface area contributed by atoms with Crippen molar-refractivity contribution in [1.29, 1.82) is 0 Å². The number of aliphatic hydroxyl groups excluding tert-OH is 1. The SMILES string of the molecule is COc1c(C)cc2c(c1O)[C@]1(C)CCC(=O)C(C)(C)C1=C(O)C2=O. The van der Waals surface area contributed by atoms with Gasteiger partial charge in [0.05, 0.1) is 7.11 Å². The first kappa shape index (κ1) is 16.6. The number of carbonyl (C=O) groups is 2. The lowest BCUT2D eigenvalue weighted by atomic mass is 9.54. The zero-order valence-corrected chi connectivity index (χ0v) is 14.6. The molecule has 0 unspecified atom stereocenters. The van der Waals surface area contributed by atoms with Crippen LogP contribution < -0.4 is 4.74 Å². The van der Waals surface area contributed by atoms with Gasteiger partial charge in [-0.1, -0.05) is 6.92 Å². The number of allylic oxidation sites excluding steroid dienone is 2. The second-order valence-electron chi connectivity index (χ2n) is 7.43. The van der Waals surface area contributed by atoms with Crippen molar-refractivity contribution >= 4 is 11.6 Å². The third kappa shape index (κ3) is 1.81. The first-order valence-corrected chi connectivity index (χ1v) is 8.00. The van der Waals surface area contributed by atoms with E-state index < -0.39 is 16.6 Å². The lowest BCUT2D eigenvalue weighted by Crippen LogP contribution is -2.47. The maximum absolute atomic E-state index is 12.7. The molecular formula is C19H22O5. The molecule has 1 fully saturated rings. The van der Waals surface area contributed by atoms with Crippen molar-refractivity contribution < 1.29 is 24.5 Å². The fourth-order valence-electron chi connectivity index (χ4n) is 4.46. The largest absolute Gasteiger partial charge is 0.504 e. The normalized spacial score (nSPS) is 25.4. The third-order valence-corrected chi connectivity index (χ3v) is 5.62. The van der Waals surface area contributed by atoms with Crippen molar-refractivity contribution in [3.63, 3.8) is 0 Å². The molecule has 5 nitrogen and oxygen atoms in total. The molecule has 0 heterocycles. The van der Waals surface area contributed by atoms with Crippen LogP contribution in [0.2, 0.25) is 0 Å². The summed E-state index contributed by atoms with van der Waals surface area (Å²) in [4.78, 5) is 25.1. The monoisotopic (exact) mass is 330 g/mol. The van der Waals surface area contributed by atoms with Gasteiger partial charge in [-0.3, -0.25) is 9.59 Å². The van der Waals surface area contributed by atoms with E-state index in [1.807, 2.05) is 6.92 Å². The fourth-order valence-corrected chi connectivity index (χ4v) is 4.46. The van der Waals surface area contributed by atoms with E-state index in [1.165, 1.54) is 7.11 Å². The number of phenols is 1. The molecule has 1 aromatic rings. The van der Waals surface area contributed by atoms with Gasteiger partial charge in [0.2, 0.25) is 5.78 Å². The number of hydrogen-bond donors (Lipinski definition) is 2. The Kier molecular flexibility index (Phi) is 3.35. The summed E-state index contributed by atoms with van der Waals surface area (Å²) in [6.07, 6.45) is 0.748. The van der Waals surface area contributed by atoms with Gasteiger partial charge in [-0.15, -0.1) is 0 Å². The van der Waals surface area contributed by atoms with E-state index in [4.69, 9.17) is 4.74 Å². The number of fused-ring (bicyclic) bond motifs is 3. The molecule has 24 heavy (non-hydrogen) atoms. The first-order valence-electron chi connectivity index (χ1n) is 8.00. The van der Waals surface area contributed by atoms with Gasteiger partial charge in [-0.05, 0) is 44.4 Å². The molecule has 2 aliphatic carbocycles. The number of ketones is 2. The summed E-state index contributed by atoms with van der Waals surface area (Å²) in [6.45, 7) is 7.05. The molecule has 0 aromatic heterocycles. The second kappa shape index (κ2) is 4.85. The van der Waals surface area contributed by atoms with Gasteiger partial charge in [0.15, 0.2) is 17.3 Å². The summed E-state index contributed by atoms with van der Waals surface area (Å²) in [5.74, 6) is -0.707. The highest BCUT2D eigenvalue weighted by molar-refractivity contribution is 6.13. The summed E-state index contributed by atoms with van der Waals surface area (Å²) in [6, 6.07) is 1.64. The van der Waals surface area contributed by atoms with Crippen LogP contribution in [-0.4, -0.2) is 28.9 Å². The molecular weight excluding hydrogens is 308 g/mol. The van der Waals surface area contributed by atoms with E-state index in [1.54, 1.807) is 26.8 Å². The van der Waals surface area contributed by atoms with Crippen molar-refractivity contribution in [1.82, 2.24) is 0 Å². The molecule has 0 amide bonds. The summed E-state index contributed by atoms with van der Waals surface area (Å²) in [7, 11) is 1.46. The Morgan fingerprint density at radius 2 is 1.79 bits per heavy atom. The van der Waals surface area contributed by atoms with Crippen LogP contribution in [0.3, 0.4) is 0 Å². The number of ether oxygens (including phenoxy) is 1. The zero-order valence-electron chi connectivity index (χ0n) is 14.6. The minimum absolute atomic E-state index is 0.0173. The summed E-state index contributed by atoms with van der Waals surface area (Å²) in [5, 5.41) is 21.4. The van der Waals surface area contributed by atoms with Gasteiger partial charge < -0.3 is 14.9 Å². The molecule has 1 saturated carbocycles. The van der Waals surface area contributed by atoms with E-state index in [2.05, 4.69) is 0 Å². The molecule has 0 spiro atoms. The molecule has 1 atom stereocenters. The molecule has 0 aliphatic heterocycles. The minimum Gasteiger partial charge on any atom is -0.504 e. The van der Waals surface area contributed by atoms with Crippen LogP contribution in [0, 0.1) is 12.3 Å². The van der Waals surface area contributed by atoms with Gasteiger partial charge >= 0.3 is 0 Å². The molecule has 2 N–H and O–H groups in total. The van der Waals surface area contributed by atoms with Crippen LogP contribution >= 0.6 is 0 Å². The molecule has 0 saturated heterocycles. The van der Waals surface area contributed by atoms with Crippen LogP contribution in [0.15, 0.2) is 17.4 Å². The molecule has 0 radical (unpaired) electrons. The predicted molar refractivity (Wildman–Crippen MR) is 88.8 cm³/mol. The number of aromatic hydroxyl groups is 1. The van der Waals surface area contributed by atoms with Crippen LogP contribution in [0.1, 0.15) is 55.1 Å². The molecule has 128 valence electrons. The zero-order chi connectivity index (χ0) is 18.0. The third-order valence-electron chi connectivity index (χ3n) is 5.62. The van der Waals surface area contributed by atoms with Crippen LogP contribution in [0.5, 0.6) is 11.5 Å². The molecule has 3 rings (SSSR count). The van der Waals surface area contributed by atoms with Crippen molar-refractivity contribution in [3.8, 4) is 11.5 Å². The highest BCUT2D eigenvalue weighted by Gasteiger charge is 2.55. The number of phenolic OH excluding ortho intramolecular Hbond substituents is 1. The van der Waals surface area contributed by atoms with Gasteiger partial charge in [-0.2, -0.15) is 0 Å². The highest BCUT2D eigenvalue weighted by atomic mass is 16.5. The Morgan fingerprint density at radius 1 is 1.17 bits per heavy atom. The van der Waals surface area contributed by atoms with E-state index in [0.717, 1.165) is 0 Å². The number of rotatable bonds is 1. The molecule has 1 aromatic carbocycles. The Labute approximate surface area is 140 Å². The number of carbonyl (C=O) groups excluding carboxylic acids is 2. The Morgan fingerprint density at radius 3 is 2.38 bits per heavy atom. The van der Waals surface area contributed by atoms with Gasteiger partial charge in [0.25, 0.3) is 0 Å². The number of benzene rings is 1. The lowest BCUT2D eigenvalue weighted by Gasteiger charge is -2.48. The Bertz CT molecular complexity index is 816. The molecule has 0 bridgehead atoms. The average Bonchev–Trinajstić information content (AvgIpc) is 2.49. The van der Waals surface area contributed by atoms with E-state index >= 15 is 0 Å². The Balaban J connectivity index is 2.42. The van der Waals surface area contributed by atoms with E-state index in [0.29, 0.717) is 35.3 Å². The van der Waals surface area contributed by atoms with Crippen LogP contribution in [0.4, 0.5) is 0 Å². The van der Waals surface area contributed by atoms with Gasteiger partial charge in [0.1, 0.15) is 5.78 Å². The fraction of sp³-hybridized carbons (Fsp3) is 0.474. The first-order chi connectivity index (χ1) is 11.1. The summed E-state index contributed by atoms with van der Waals surface area (Å²) in [5.41, 5.74) is -0.0220. The molecule has 5 heteroatoms. The number of aliphatic hydroxyl groups is 1. The van der Waals surface area contributed by atoms with Crippen LogP contribution in [-0.2, 0) is 10.2 Å². The quantitative estimate of drug-likeness (QED) is 0.825. The maximum atomic E-state index is 12.7. The standard InChI is InChI=1S/C19H22O5/c1-9-8-10-12(14(22)16(9)24-5)19(4)7-6-11(20)18(2,3)17(19)15(23)13(10)21/h8,22-23H,6-7H2,1-5H3/t19-/m0/s1. The summed E-state index contributed by atoms with van der Waals surface area (Å²) < 4.78 is 5.29. The number of methoxy groups -OCH3 is 1. The van der Waals surface area contributed by atoms with E-state index in [-0.39, 0.29) is 22.9 Å². The van der Waals surface area contributed by atoms with E-state index in [9.17, 15) is 19.8 Å². The Hall–Kier alpha value is -2.30. The number of aryl methyl sites for hydroxylation is 1.